The lowest BCUT2D eigenvalue weighted by Crippen LogP contribution is -2.38. The van der Waals surface area contributed by atoms with Gasteiger partial charge in [-0.05, 0) is 67.8 Å². The first-order valence-electron chi connectivity index (χ1n) is 11.9. The van der Waals surface area contributed by atoms with Crippen LogP contribution in [0.15, 0.2) is 71.6 Å². The van der Waals surface area contributed by atoms with E-state index in [1.165, 1.54) is 28.6 Å². The van der Waals surface area contributed by atoms with E-state index in [4.69, 9.17) is 4.74 Å². The van der Waals surface area contributed by atoms with Crippen molar-refractivity contribution in [3.8, 4) is 5.75 Å². The van der Waals surface area contributed by atoms with Crippen LogP contribution in [0, 0.1) is 6.92 Å². The van der Waals surface area contributed by atoms with Crippen LogP contribution in [0.1, 0.15) is 34.3 Å². The molecule has 0 atom stereocenters. The van der Waals surface area contributed by atoms with E-state index < -0.39 is 10.0 Å². The predicted octanol–water partition coefficient (Wildman–Crippen LogP) is 3.96. The van der Waals surface area contributed by atoms with Gasteiger partial charge in [0.2, 0.25) is 10.0 Å². The van der Waals surface area contributed by atoms with Gasteiger partial charge in [-0.25, -0.2) is 8.42 Å². The fraction of sp³-hybridized carbons (Fsp3) is 0.259. The molecule has 0 aromatic heterocycles. The van der Waals surface area contributed by atoms with Crippen molar-refractivity contribution < 1.29 is 22.7 Å². The maximum atomic E-state index is 12.9. The summed E-state index contributed by atoms with van der Waals surface area (Å²) in [5.74, 6) is 0.0192. The fourth-order valence-corrected chi connectivity index (χ4v) is 5.91. The zero-order valence-electron chi connectivity index (χ0n) is 19.9. The summed E-state index contributed by atoms with van der Waals surface area (Å²) in [5, 5.41) is 2.84. The molecule has 0 radical (unpaired) electrons. The summed E-state index contributed by atoms with van der Waals surface area (Å²) in [5.41, 5.74) is 3.53. The highest BCUT2D eigenvalue weighted by molar-refractivity contribution is 7.89. The Morgan fingerprint density at radius 1 is 0.972 bits per heavy atom. The van der Waals surface area contributed by atoms with Gasteiger partial charge in [0.05, 0.1) is 17.1 Å². The van der Waals surface area contributed by atoms with Gasteiger partial charge < -0.3 is 15.0 Å². The molecule has 2 heterocycles. The van der Waals surface area contributed by atoms with Crippen LogP contribution in [0.3, 0.4) is 0 Å². The Morgan fingerprint density at radius 3 is 2.36 bits per heavy atom. The van der Waals surface area contributed by atoms with E-state index in [1.54, 1.807) is 23.1 Å². The quantitative estimate of drug-likeness (QED) is 0.547. The maximum Gasteiger partial charge on any atom is 0.265 e. The molecule has 8 nitrogen and oxygen atoms in total. The van der Waals surface area contributed by atoms with Gasteiger partial charge in [-0.1, -0.05) is 29.8 Å². The molecule has 9 heteroatoms. The van der Waals surface area contributed by atoms with Crippen LogP contribution < -0.4 is 15.0 Å². The number of hydrogen-bond donors (Lipinski definition) is 1. The zero-order chi connectivity index (χ0) is 25.3. The molecule has 0 aliphatic carbocycles. The van der Waals surface area contributed by atoms with Crippen LogP contribution in [0.2, 0.25) is 0 Å². The Bertz CT molecular complexity index is 1400. The monoisotopic (exact) mass is 505 g/mol. The number of ether oxygens (including phenoxy) is 1. The number of hydrogen-bond acceptors (Lipinski definition) is 5. The normalized spacial score (nSPS) is 15.9. The second kappa shape index (κ2) is 9.75. The highest BCUT2D eigenvalue weighted by atomic mass is 32.2. The number of aryl methyl sites for hydroxylation is 1. The summed E-state index contributed by atoms with van der Waals surface area (Å²) < 4.78 is 32.5. The van der Waals surface area contributed by atoms with Crippen molar-refractivity contribution >= 4 is 33.2 Å². The summed E-state index contributed by atoms with van der Waals surface area (Å²) in [4.78, 5) is 27.4. The second-order valence-corrected chi connectivity index (χ2v) is 11.0. The minimum absolute atomic E-state index is 0.0444. The summed E-state index contributed by atoms with van der Waals surface area (Å²) >= 11 is 0. The molecule has 1 fully saturated rings. The van der Waals surface area contributed by atoms with Crippen molar-refractivity contribution in [2.75, 3.05) is 29.9 Å². The van der Waals surface area contributed by atoms with Crippen LogP contribution in [0.25, 0.3) is 0 Å². The molecule has 3 aromatic rings. The van der Waals surface area contributed by atoms with E-state index in [9.17, 15) is 18.0 Å². The third kappa shape index (κ3) is 4.84. The Labute approximate surface area is 210 Å². The SMILES string of the molecule is Cc1ccc(CN2C(=O)COc3ccc(NC(=O)c4ccc(S(=O)(=O)N5CCCC5)cc4)cc32)cc1. The molecule has 36 heavy (non-hydrogen) atoms. The molecule has 0 spiro atoms. The molecular formula is C27H27N3O5S. The lowest BCUT2D eigenvalue weighted by Gasteiger charge is -2.30. The van der Waals surface area contributed by atoms with Crippen molar-refractivity contribution in [1.82, 2.24) is 4.31 Å². The average Bonchev–Trinajstić information content (AvgIpc) is 3.43. The van der Waals surface area contributed by atoms with Gasteiger partial charge in [0, 0.05) is 24.3 Å². The first-order chi connectivity index (χ1) is 17.3. The molecular weight excluding hydrogens is 478 g/mol. The highest BCUT2D eigenvalue weighted by Gasteiger charge is 2.28. The minimum Gasteiger partial charge on any atom is -0.482 e. The van der Waals surface area contributed by atoms with Crippen LogP contribution in [-0.2, 0) is 21.4 Å². The summed E-state index contributed by atoms with van der Waals surface area (Å²) in [6.45, 7) is 3.40. The number of anilines is 2. The van der Waals surface area contributed by atoms with Gasteiger partial charge >= 0.3 is 0 Å². The number of rotatable bonds is 6. The Morgan fingerprint density at radius 2 is 1.67 bits per heavy atom. The fourth-order valence-electron chi connectivity index (χ4n) is 4.39. The Balaban J connectivity index is 1.33. The number of amides is 2. The van der Waals surface area contributed by atoms with Gasteiger partial charge in [0.15, 0.2) is 6.61 Å². The number of carbonyl (C=O) groups is 2. The first-order valence-corrected chi connectivity index (χ1v) is 13.3. The van der Waals surface area contributed by atoms with Gasteiger partial charge in [-0.3, -0.25) is 9.59 Å². The third-order valence-corrected chi connectivity index (χ3v) is 8.35. The number of nitrogens with zero attached hydrogens (tertiary/aromatic N) is 2. The van der Waals surface area contributed by atoms with E-state index in [1.807, 2.05) is 31.2 Å². The molecule has 5 rings (SSSR count). The third-order valence-electron chi connectivity index (χ3n) is 6.44. The van der Waals surface area contributed by atoms with E-state index in [0.29, 0.717) is 42.3 Å². The van der Waals surface area contributed by atoms with E-state index >= 15 is 0 Å². The van der Waals surface area contributed by atoms with Gasteiger partial charge in [0.25, 0.3) is 11.8 Å². The van der Waals surface area contributed by atoms with Crippen molar-refractivity contribution in [2.24, 2.45) is 0 Å². The van der Waals surface area contributed by atoms with Crippen LogP contribution in [0.5, 0.6) is 5.75 Å². The Kier molecular flexibility index (Phi) is 6.51. The standard InChI is InChI=1S/C27H27N3O5S/c1-19-4-6-20(7-5-19)17-30-24-16-22(10-13-25(24)35-18-26(30)31)28-27(32)21-8-11-23(12-9-21)36(33,34)29-14-2-3-15-29/h4-13,16H,2-3,14-15,17-18H2,1H3,(H,28,32). The maximum absolute atomic E-state index is 12.9. The molecule has 2 aliphatic rings. The molecule has 0 bridgehead atoms. The van der Waals surface area contributed by atoms with Crippen molar-refractivity contribution in [3.63, 3.8) is 0 Å². The van der Waals surface area contributed by atoms with Gasteiger partial charge in [0.1, 0.15) is 5.75 Å². The molecule has 0 saturated carbocycles. The molecule has 1 saturated heterocycles. The zero-order valence-corrected chi connectivity index (χ0v) is 20.8. The van der Waals surface area contributed by atoms with Gasteiger partial charge in [-0.15, -0.1) is 0 Å². The van der Waals surface area contributed by atoms with Crippen LogP contribution >= 0.6 is 0 Å². The molecule has 2 amide bonds. The largest absolute Gasteiger partial charge is 0.482 e. The smallest absolute Gasteiger partial charge is 0.265 e. The predicted molar refractivity (Wildman–Crippen MR) is 137 cm³/mol. The van der Waals surface area contributed by atoms with Crippen LogP contribution in [0.4, 0.5) is 11.4 Å². The van der Waals surface area contributed by atoms with E-state index in [0.717, 1.165) is 24.0 Å². The molecule has 3 aromatic carbocycles. The van der Waals surface area contributed by atoms with Crippen molar-refractivity contribution in [1.29, 1.82) is 0 Å². The van der Waals surface area contributed by atoms with Crippen molar-refractivity contribution in [3.05, 3.63) is 83.4 Å². The van der Waals surface area contributed by atoms with Crippen molar-refractivity contribution in [2.45, 2.75) is 31.2 Å². The summed E-state index contributed by atoms with van der Waals surface area (Å²) in [6.07, 6.45) is 1.72. The second-order valence-electron chi connectivity index (χ2n) is 9.03. The molecule has 186 valence electrons. The highest BCUT2D eigenvalue weighted by Crippen LogP contribution is 2.35. The van der Waals surface area contributed by atoms with E-state index in [2.05, 4.69) is 5.32 Å². The lowest BCUT2D eigenvalue weighted by atomic mass is 10.1. The van der Waals surface area contributed by atoms with E-state index in [-0.39, 0.29) is 23.3 Å². The number of carbonyl (C=O) groups excluding carboxylic acids is 2. The molecule has 1 N–H and O–H groups in total. The number of nitrogens with one attached hydrogen (secondary N) is 1. The molecule has 2 aliphatic heterocycles. The van der Waals surface area contributed by atoms with Gasteiger partial charge in [-0.2, -0.15) is 4.31 Å². The lowest BCUT2D eigenvalue weighted by molar-refractivity contribution is -0.121. The Hall–Kier alpha value is -3.69. The average molecular weight is 506 g/mol. The number of sulfonamides is 1. The summed E-state index contributed by atoms with van der Waals surface area (Å²) in [7, 11) is -3.54. The number of fused-ring (bicyclic) bond motifs is 1. The number of benzene rings is 3. The first kappa shape index (κ1) is 24.0. The minimum atomic E-state index is -3.54. The summed E-state index contributed by atoms with van der Waals surface area (Å²) in [6, 6.07) is 19.1. The topological polar surface area (TPSA) is 96.0 Å². The molecule has 0 unspecified atom stereocenters. The van der Waals surface area contributed by atoms with Crippen LogP contribution in [-0.4, -0.2) is 44.2 Å².